The number of nitrogens with one attached hydrogen (secondary N) is 1. The number of benzene rings is 2. The van der Waals surface area contributed by atoms with Gasteiger partial charge in [0, 0.05) is 4.47 Å². The fourth-order valence-electron chi connectivity index (χ4n) is 3.03. The monoisotopic (exact) mass is 401 g/mol. The summed E-state index contributed by atoms with van der Waals surface area (Å²) in [6.45, 7) is 1.61. The van der Waals surface area contributed by atoms with Gasteiger partial charge >= 0.3 is 5.97 Å². The van der Waals surface area contributed by atoms with Crippen molar-refractivity contribution in [2.75, 3.05) is 6.61 Å². The van der Waals surface area contributed by atoms with Crippen LogP contribution in [0.25, 0.3) is 0 Å². The second-order valence-corrected chi connectivity index (χ2v) is 7.17. The van der Waals surface area contributed by atoms with Gasteiger partial charge in [0.1, 0.15) is 0 Å². The lowest BCUT2D eigenvalue weighted by Gasteiger charge is -2.14. The van der Waals surface area contributed by atoms with Crippen LogP contribution >= 0.6 is 15.9 Å². The Labute approximate surface area is 155 Å². The zero-order valence-corrected chi connectivity index (χ0v) is 15.6. The van der Waals surface area contributed by atoms with Crippen LogP contribution in [0.1, 0.15) is 46.4 Å². The number of halogens is 1. The molecule has 0 aliphatic heterocycles. The average Bonchev–Trinajstić information content (AvgIpc) is 3.07. The Bertz CT molecular complexity index is 786. The lowest BCUT2D eigenvalue weighted by Crippen LogP contribution is -2.31. The van der Waals surface area contributed by atoms with Gasteiger partial charge in [-0.05, 0) is 67.1 Å². The number of ether oxygens (including phenoxy) is 1. The molecule has 2 aromatic rings. The average molecular weight is 402 g/mol. The summed E-state index contributed by atoms with van der Waals surface area (Å²) in [5.41, 5.74) is 4.01. The third-order valence-electron chi connectivity index (χ3n) is 4.42. The minimum absolute atomic E-state index is 0.153. The number of esters is 1. The predicted molar refractivity (Wildman–Crippen MR) is 99.4 cm³/mol. The minimum Gasteiger partial charge on any atom is -0.452 e. The summed E-state index contributed by atoms with van der Waals surface area (Å²) in [5.74, 6) is -0.772. The Morgan fingerprint density at radius 3 is 2.60 bits per heavy atom. The van der Waals surface area contributed by atoms with E-state index in [4.69, 9.17) is 4.74 Å². The molecule has 0 fully saturated rings. The molecule has 0 saturated heterocycles. The van der Waals surface area contributed by atoms with E-state index >= 15 is 0 Å². The maximum Gasteiger partial charge on any atom is 0.338 e. The van der Waals surface area contributed by atoms with E-state index in [1.807, 2.05) is 43.3 Å². The number of amides is 1. The van der Waals surface area contributed by atoms with Crippen LogP contribution in [0.2, 0.25) is 0 Å². The number of hydrogen-bond donors (Lipinski definition) is 1. The van der Waals surface area contributed by atoms with Crippen LogP contribution in [0.3, 0.4) is 0 Å². The summed E-state index contributed by atoms with van der Waals surface area (Å²) in [6, 6.07) is 13.2. The van der Waals surface area contributed by atoms with Gasteiger partial charge in [-0.1, -0.05) is 34.1 Å². The molecule has 1 aliphatic carbocycles. The minimum atomic E-state index is -0.457. The van der Waals surface area contributed by atoms with Crippen molar-refractivity contribution in [2.45, 2.75) is 32.2 Å². The molecule has 1 N–H and O–H groups in total. The van der Waals surface area contributed by atoms with E-state index in [9.17, 15) is 9.59 Å². The van der Waals surface area contributed by atoms with Gasteiger partial charge in [0.2, 0.25) is 0 Å². The third kappa shape index (κ3) is 4.48. The van der Waals surface area contributed by atoms with Crippen LogP contribution in [-0.4, -0.2) is 18.5 Å². The van der Waals surface area contributed by atoms with Crippen molar-refractivity contribution in [3.63, 3.8) is 0 Å². The molecule has 0 bridgehead atoms. The lowest BCUT2D eigenvalue weighted by atomic mass is 10.1. The summed E-state index contributed by atoms with van der Waals surface area (Å²) in [7, 11) is 0. The van der Waals surface area contributed by atoms with Gasteiger partial charge in [0.05, 0.1) is 11.6 Å². The predicted octanol–water partition coefficient (Wildman–Crippen LogP) is 3.97. The van der Waals surface area contributed by atoms with Gasteiger partial charge in [0.25, 0.3) is 5.91 Å². The number of hydrogen-bond acceptors (Lipinski definition) is 3. The molecule has 4 nitrogen and oxygen atoms in total. The second-order valence-electron chi connectivity index (χ2n) is 6.25. The standard InChI is InChI=1S/C20H20BrNO3/c1-13(14-7-9-18(21)10-8-14)22-19(23)12-25-20(24)17-6-5-15-3-2-4-16(15)11-17/h5-11,13H,2-4,12H2,1H3,(H,22,23)/t13-/m0/s1. The van der Waals surface area contributed by atoms with Gasteiger partial charge in [-0.2, -0.15) is 0 Å². The van der Waals surface area contributed by atoms with Crippen LogP contribution in [0.15, 0.2) is 46.9 Å². The number of carbonyl (C=O) groups is 2. The molecule has 0 saturated carbocycles. The van der Waals surface area contributed by atoms with E-state index in [1.165, 1.54) is 11.1 Å². The molecule has 3 rings (SSSR count). The molecular weight excluding hydrogens is 382 g/mol. The first-order chi connectivity index (χ1) is 12.0. The van der Waals surface area contributed by atoms with Crippen molar-refractivity contribution < 1.29 is 14.3 Å². The maximum absolute atomic E-state index is 12.1. The van der Waals surface area contributed by atoms with Crippen molar-refractivity contribution in [3.8, 4) is 0 Å². The Morgan fingerprint density at radius 2 is 1.84 bits per heavy atom. The first kappa shape index (κ1) is 17.7. The van der Waals surface area contributed by atoms with E-state index < -0.39 is 5.97 Å². The van der Waals surface area contributed by atoms with Gasteiger partial charge in [-0.3, -0.25) is 4.79 Å². The summed E-state index contributed by atoms with van der Waals surface area (Å²) >= 11 is 3.38. The topological polar surface area (TPSA) is 55.4 Å². The maximum atomic E-state index is 12.1. The Kier molecular flexibility index (Phi) is 5.53. The summed E-state index contributed by atoms with van der Waals surface area (Å²) in [4.78, 5) is 24.2. The van der Waals surface area contributed by atoms with Crippen LogP contribution in [-0.2, 0) is 22.4 Å². The first-order valence-electron chi connectivity index (χ1n) is 8.36. The highest BCUT2D eigenvalue weighted by Crippen LogP contribution is 2.23. The Hall–Kier alpha value is -2.14. The van der Waals surface area contributed by atoms with E-state index in [0.29, 0.717) is 5.56 Å². The van der Waals surface area contributed by atoms with Crippen molar-refractivity contribution in [3.05, 3.63) is 69.2 Å². The molecule has 130 valence electrons. The molecule has 2 aromatic carbocycles. The number of rotatable bonds is 5. The normalized spacial score (nSPS) is 13.8. The van der Waals surface area contributed by atoms with Gasteiger partial charge < -0.3 is 10.1 Å². The number of aryl methyl sites for hydroxylation is 2. The molecule has 25 heavy (non-hydrogen) atoms. The van der Waals surface area contributed by atoms with E-state index in [2.05, 4.69) is 21.2 Å². The molecule has 1 atom stereocenters. The highest BCUT2D eigenvalue weighted by atomic mass is 79.9. The largest absolute Gasteiger partial charge is 0.452 e. The van der Waals surface area contributed by atoms with Crippen LogP contribution < -0.4 is 5.32 Å². The van der Waals surface area contributed by atoms with Crippen molar-refractivity contribution in [1.82, 2.24) is 5.32 Å². The fourth-order valence-corrected chi connectivity index (χ4v) is 3.30. The quantitative estimate of drug-likeness (QED) is 0.770. The first-order valence-corrected chi connectivity index (χ1v) is 9.16. The molecule has 5 heteroatoms. The van der Waals surface area contributed by atoms with Crippen molar-refractivity contribution in [2.24, 2.45) is 0 Å². The second kappa shape index (κ2) is 7.83. The summed E-state index contributed by atoms with van der Waals surface area (Å²) in [5, 5.41) is 2.83. The third-order valence-corrected chi connectivity index (χ3v) is 4.94. The van der Waals surface area contributed by atoms with Crippen LogP contribution in [0.4, 0.5) is 0 Å². The van der Waals surface area contributed by atoms with Gasteiger partial charge in [0.15, 0.2) is 6.61 Å². The Morgan fingerprint density at radius 1 is 1.12 bits per heavy atom. The van der Waals surface area contributed by atoms with Gasteiger partial charge in [-0.25, -0.2) is 4.79 Å². The molecular formula is C20H20BrNO3. The Balaban J connectivity index is 1.51. The summed E-state index contributed by atoms with van der Waals surface area (Å²) in [6.07, 6.45) is 3.20. The smallest absolute Gasteiger partial charge is 0.338 e. The highest BCUT2D eigenvalue weighted by Gasteiger charge is 2.16. The van der Waals surface area contributed by atoms with E-state index in [1.54, 1.807) is 6.07 Å². The molecule has 0 aromatic heterocycles. The molecule has 0 spiro atoms. The van der Waals surface area contributed by atoms with Crippen LogP contribution in [0, 0.1) is 0 Å². The fraction of sp³-hybridized carbons (Fsp3) is 0.300. The zero-order valence-electron chi connectivity index (χ0n) is 14.0. The zero-order chi connectivity index (χ0) is 17.8. The van der Waals surface area contributed by atoms with Crippen molar-refractivity contribution >= 4 is 27.8 Å². The number of fused-ring (bicyclic) bond motifs is 1. The van der Waals surface area contributed by atoms with E-state index in [0.717, 1.165) is 29.3 Å². The molecule has 0 unspecified atom stereocenters. The molecule has 1 aliphatic rings. The van der Waals surface area contributed by atoms with Crippen molar-refractivity contribution in [1.29, 1.82) is 0 Å². The van der Waals surface area contributed by atoms with E-state index in [-0.39, 0.29) is 18.6 Å². The number of carbonyl (C=O) groups excluding carboxylic acids is 2. The van der Waals surface area contributed by atoms with Crippen LogP contribution in [0.5, 0.6) is 0 Å². The SMILES string of the molecule is C[C@H](NC(=O)COC(=O)c1ccc2c(c1)CCC2)c1ccc(Br)cc1. The molecule has 0 radical (unpaired) electrons. The van der Waals surface area contributed by atoms with Gasteiger partial charge in [-0.15, -0.1) is 0 Å². The molecule has 0 heterocycles. The highest BCUT2D eigenvalue weighted by molar-refractivity contribution is 9.10. The molecule has 1 amide bonds. The summed E-state index contributed by atoms with van der Waals surface area (Å²) < 4.78 is 6.13. The lowest BCUT2D eigenvalue weighted by molar-refractivity contribution is -0.124.